The van der Waals surface area contributed by atoms with E-state index >= 15 is 0 Å². The zero-order valence-corrected chi connectivity index (χ0v) is 9.36. The van der Waals surface area contributed by atoms with E-state index in [0.29, 0.717) is 0 Å². The van der Waals surface area contributed by atoms with Crippen molar-refractivity contribution in [2.45, 2.75) is 12.5 Å². The van der Waals surface area contributed by atoms with Crippen LogP contribution in [-0.2, 0) is 4.74 Å². The third kappa shape index (κ3) is 2.60. The Morgan fingerprint density at radius 3 is 2.75 bits per heavy atom. The molecule has 1 unspecified atom stereocenters. The van der Waals surface area contributed by atoms with E-state index in [9.17, 15) is 4.39 Å². The van der Waals surface area contributed by atoms with E-state index in [0.717, 1.165) is 38.3 Å². The first-order chi connectivity index (χ1) is 7.81. The first-order valence-corrected chi connectivity index (χ1v) is 5.68. The van der Waals surface area contributed by atoms with Crippen LogP contribution in [-0.4, -0.2) is 31.2 Å². The molecule has 3 heteroatoms. The zero-order chi connectivity index (χ0) is 11.4. The first kappa shape index (κ1) is 11.6. The van der Waals surface area contributed by atoms with E-state index in [1.807, 2.05) is 6.07 Å². The van der Waals surface area contributed by atoms with Crippen molar-refractivity contribution in [3.05, 3.63) is 42.6 Å². The summed E-state index contributed by atoms with van der Waals surface area (Å²) in [6, 6.07) is 7.01. The Balaban J connectivity index is 2.14. The van der Waals surface area contributed by atoms with Gasteiger partial charge in [-0.2, -0.15) is 0 Å². The summed E-state index contributed by atoms with van der Waals surface area (Å²) in [4.78, 5) is 2.31. The van der Waals surface area contributed by atoms with E-state index in [-0.39, 0.29) is 11.9 Å². The molecule has 0 aromatic heterocycles. The van der Waals surface area contributed by atoms with Crippen molar-refractivity contribution in [1.29, 1.82) is 0 Å². The quantitative estimate of drug-likeness (QED) is 0.778. The fourth-order valence-corrected chi connectivity index (χ4v) is 2.16. The van der Waals surface area contributed by atoms with E-state index in [2.05, 4.69) is 11.8 Å². The van der Waals surface area contributed by atoms with E-state index in [1.54, 1.807) is 12.1 Å². The molecule has 1 heterocycles. The standard InChI is InChI=1S/C13H17FNO/c1-2-13(15-6-8-16-9-7-15)11-4-3-5-12(14)10-11/h3-5,10,13H,1-2,6-9H2. The average Bonchev–Trinajstić information content (AvgIpc) is 2.31. The molecular weight excluding hydrogens is 205 g/mol. The van der Waals surface area contributed by atoms with Crippen molar-refractivity contribution in [3.8, 4) is 0 Å². The van der Waals surface area contributed by atoms with Crippen LogP contribution in [0, 0.1) is 12.7 Å². The summed E-state index contributed by atoms with van der Waals surface area (Å²) in [6.45, 7) is 7.27. The SMILES string of the molecule is [CH2]CC(c1cccc(F)c1)N1CCOCC1. The summed E-state index contributed by atoms with van der Waals surface area (Å²) in [5, 5.41) is 0. The van der Waals surface area contributed by atoms with E-state index in [1.165, 1.54) is 6.07 Å². The van der Waals surface area contributed by atoms with Gasteiger partial charge in [0, 0.05) is 19.1 Å². The molecule has 1 atom stereocenters. The molecule has 2 rings (SSSR count). The van der Waals surface area contributed by atoms with Crippen LogP contribution in [0.2, 0.25) is 0 Å². The number of rotatable bonds is 3. The second-order valence-corrected chi connectivity index (χ2v) is 4.01. The lowest BCUT2D eigenvalue weighted by Gasteiger charge is -2.34. The minimum atomic E-state index is -0.177. The molecule has 1 radical (unpaired) electrons. The van der Waals surface area contributed by atoms with Crippen molar-refractivity contribution < 1.29 is 9.13 Å². The fourth-order valence-electron chi connectivity index (χ4n) is 2.16. The molecule has 87 valence electrons. The average molecular weight is 222 g/mol. The third-order valence-corrected chi connectivity index (χ3v) is 2.99. The molecule has 1 fully saturated rings. The maximum absolute atomic E-state index is 13.2. The van der Waals surface area contributed by atoms with Gasteiger partial charge in [0.25, 0.3) is 0 Å². The Bertz CT molecular complexity index is 336. The lowest BCUT2D eigenvalue weighted by atomic mass is 10.0. The molecule has 1 aromatic rings. The highest BCUT2D eigenvalue weighted by atomic mass is 19.1. The third-order valence-electron chi connectivity index (χ3n) is 2.99. The molecule has 0 saturated carbocycles. The predicted octanol–water partition coefficient (Wildman–Crippen LogP) is 2.42. The van der Waals surface area contributed by atoms with Gasteiger partial charge in [-0.05, 0) is 24.1 Å². The van der Waals surface area contributed by atoms with Gasteiger partial charge < -0.3 is 4.74 Å². The van der Waals surface area contributed by atoms with Crippen molar-refractivity contribution in [3.63, 3.8) is 0 Å². The van der Waals surface area contributed by atoms with Crippen LogP contribution in [0.5, 0.6) is 0 Å². The first-order valence-electron chi connectivity index (χ1n) is 5.68. The second kappa shape index (κ2) is 5.41. The van der Waals surface area contributed by atoms with Gasteiger partial charge in [0.05, 0.1) is 13.2 Å². The number of ether oxygens (including phenoxy) is 1. The van der Waals surface area contributed by atoms with Gasteiger partial charge in [0.15, 0.2) is 0 Å². The number of hydrogen-bond acceptors (Lipinski definition) is 2. The van der Waals surface area contributed by atoms with Gasteiger partial charge in [-0.15, -0.1) is 0 Å². The summed E-state index contributed by atoms with van der Waals surface area (Å²) >= 11 is 0. The number of benzene rings is 1. The summed E-state index contributed by atoms with van der Waals surface area (Å²) in [5.41, 5.74) is 1.01. The van der Waals surface area contributed by atoms with Crippen LogP contribution in [0.15, 0.2) is 24.3 Å². The fraction of sp³-hybridized carbons (Fsp3) is 0.462. The molecule has 16 heavy (non-hydrogen) atoms. The molecule has 0 amide bonds. The van der Waals surface area contributed by atoms with Gasteiger partial charge in [-0.25, -0.2) is 4.39 Å². The van der Waals surface area contributed by atoms with Crippen molar-refractivity contribution in [2.24, 2.45) is 0 Å². The van der Waals surface area contributed by atoms with Crippen LogP contribution in [0.1, 0.15) is 18.0 Å². The normalized spacial score (nSPS) is 19.6. The maximum atomic E-state index is 13.2. The second-order valence-electron chi connectivity index (χ2n) is 4.01. The van der Waals surface area contributed by atoms with Crippen LogP contribution >= 0.6 is 0 Å². The van der Waals surface area contributed by atoms with Crippen LogP contribution in [0.4, 0.5) is 4.39 Å². The molecule has 0 bridgehead atoms. The minimum Gasteiger partial charge on any atom is -0.379 e. The van der Waals surface area contributed by atoms with Gasteiger partial charge in [-0.3, -0.25) is 4.90 Å². The predicted molar refractivity (Wildman–Crippen MR) is 61.5 cm³/mol. The lowest BCUT2D eigenvalue weighted by molar-refractivity contribution is 0.0164. The maximum Gasteiger partial charge on any atom is 0.123 e. The van der Waals surface area contributed by atoms with Gasteiger partial charge >= 0.3 is 0 Å². The highest BCUT2D eigenvalue weighted by Crippen LogP contribution is 2.25. The monoisotopic (exact) mass is 222 g/mol. The molecule has 0 aliphatic carbocycles. The Hall–Kier alpha value is -0.930. The van der Waals surface area contributed by atoms with E-state index in [4.69, 9.17) is 4.74 Å². The summed E-state index contributed by atoms with van der Waals surface area (Å²) < 4.78 is 18.5. The van der Waals surface area contributed by atoms with Crippen molar-refractivity contribution in [2.75, 3.05) is 26.3 Å². The number of nitrogens with zero attached hydrogens (tertiary/aromatic N) is 1. The number of morpholine rings is 1. The zero-order valence-electron chi connectivity index (χ0n) is 9.36. The molecule has 0 spiro atoms. The highest BCUT2D eigenvalue weighted by Gasteiger charge is 2.21. The molecule has 0 N–H and O–H groups in total. The highest BCUT2D eigenvalue weighted by molar-refractivity contribution is 5.20. The Kier molecular flexibility index (Phi) is 3.91. The summed E-state index contributed by atoms with van der Waals surface area (Å²) in [5.74, 6) is -0.177. The molecule has 1 saturated heterocycles. The minimum absolute atomic E-state index is 0.177. The molecule has 1 aliphatic heterocycles. The van der Waals surface area contributed by atoms with Crippen molar-refractivity contribution >= 4 is 0 Å². The summed E-state index contributed by atoms with van der Waals surface area (Å²) in [6.07, 6.45) is 0.753. The molecular formula is C13H17FNO. The Morgan fingerprint density at radius 2 is 2.12 bits per heavy atom. The number of hydrogen-bond donors (Lipinski definition) is 0. The van der Waals surface area contributed by atoms with Gasteiger partial charge in [-0.1, -0.05) is 19.1 Å². The van der Waals surface area contributed by atoms with Crippen molar-refractivity contribution in [1.82, 2.24) is 4.90 Å². The molecule has 2 nitrogen and oxygen atoms in total. The molecule has 1 aromatic carbocycles. The Morgan fingerprint density at radius 1 is 1.38 bits per heavy atom. The van der Waals surface area contributed by atoms with Crippen LogP contribution < -0.4 is 0 Å². The smallest absolute Gasteiger partial charge is 0.123 e. The largest absolute Gasteiger partial charge is 0.379 e. The molecule has 1 aliphatic rings. The van der Waals surface area contributed by atoms with E-state index < -0.39 is 0 Å². The van der Waals surface area contributed by atoms with Crippen LogP contribution in [0.3, 0.4) is 0 Å². The Labute approximate surface area is 96.0 Å². The summed E-state index contributed by atoms with van der Waals surface area (Å²) in [7, 11) is 0. The van der Waals surface area contributed by atoms with Crippen LogP contribution in [0.25, 0.3) is 0 Å². The topological polar surface area (TPSA) is 12.5 Å². The lowest BCUT2D eigenvalue weighted by Crippen LogP contribution is -2.38. The van der Waals surface area contributed by atoms with Gasteiger partial charge in [0.2, 0.25) is 0 Å². The number of halogens is 1. The van der Waals surface area contributed by atoms with Gasteiger partial charge in [0.1, 0.15) is 5.82 Å².